The molecule has 29 heavy (non-hydrogen) atoms. The number of para-hydroxylation sites is 1. The molecule has 144 valence electrons. The van der Waals surface area contributed by atoms with Crippen molar-refractivity contribution in [3.63, 3.8) is 0 Å². The molecule has 1 heterocycles. The smallest absolute Gasteiger partial charge is 0.215 e. The lowest BCUT2D eigenvalue weighted by molar-refractivity contribution is 0.306. The van der Waals surface area contributed by atoms with Crippen LogP contribution in [0.2, 0.25) is 0 Å². The molecule has 4 aromatic rings. The molecule has 0 aliphatic rings. The van der Waals surface area contributed by atoms with Gasteiger partial charge in [-0.05, 0) is 54.4 Å². The average Bonchev–Trinajstić information content (AvgIpc) is 3.15. The Morgan fingerprint density at radius 2 is 1.59 bits per heavy atom. The molecule has 0 aliphatic heterocycles. The lowest BCUT2D eigenvalue weighted by Crippen LogP contribution is -2.13. The van der Waals surface area contributed by atoms with Crippen molar-refractivity contribution < 1.29 is 4.74 Å². The molecule has 0 unspecified atom stereocenters. The van der Waals surface area contributed by atoms with Crippen LogP contribution in [0, 0.1) is 6.92 Å². The molecule has 0 aliphatic carbocycles. The van der Waals surface area contributed by atoms with Crippen molar-refractivity contribution in [1.29, 1.82) is 0 Å². The molecule has 1 aromatic heterocycles. The van der Waals surface area contributed by atoms with Crippen molar-refractivity contribution in [2.24, 2.45) is 10.2 Å². The number of benzene rings is 3. The molecule has 4 rings (SSSR count). The van der Waals surface area contributed by atoms with Crippen LogP contribution in [-0.4, -0.2) is 10.8 Å². The number of hydrogen-bond acceptors (Lipinski definition) is 4. The third-order valence-electron chi connectivity index (χ3n) is 4.37. The Morgan fingerprint density at radius 3 is 2.31 bits per heavy atom. The van der Waals surface area contributed by atoms with Crippen LogP contribution in [0.1, 0.15) is 16.8 Å². The van der Waals surface area contributed by atoms with Gasteiger partial charge in [0.2, 0.25) is 4.80 Å². The molecule has 0 fully saturated rings. The average molecular weight is 400 g/mol. The topological polar surface area (TPSA) is 38.9 Å². The van der Waals surface area contributed by atoms with Gasteiger partial charge in [-0.2, -0.15) is 5.10 Å². The molecule has 0 saturated heterocycles. The van der Waals surface area contributed by atoms with Crippen molar-refractivity contribution in [2.45, 2.75) is 13.5 Å². The van der Waals surface area contributed by atoms with Crippen LogP contribution in [0.3, 0.4) is 0 Å². The van der Waals surface area contributed by atoms with Gasteiger partial charge >= 0.3 is 0 Å². The SMILES string of the molecule is Cc1cs/c(=N\N=C/c2ccc(OCc3ccccc3)cc2)n1-c1ccccc1. The number of hydrogen-bond donors (Lipinski definition) is 0. The van der Waals surface area contributed by atoms with E-state index in [0.29, 0.717) is 6.61 Å². The second-order valence-electron chi connectivity index (χ2n) is 6.52. The number of rotatable bonds is 6. The fraction of sp³-hybridized carbons (Fsp3) is 0.0833. The molecule has 0 radical (unpaired) electrons. The van der Waals surface area contributed by atoms with Crippen molar-refractivity contribution in [3.05, 3.63) is 112 Å². The van der Waals surface area contributed by atoms with Gasteiger partial charge in [-0.3, -0.25) is 4.57 Å². The summed E-state index contributed by atoms with van der Waals surface area (Å²) in [6.45, 7) is 2.63. The Morgan fingerprint density at radius 1 is 0.897 bits per heavy atom. The summed E-state index contributed by atoms with van der Waals surface area (Å²) in [4.78, 5) is 0.841. The van der Waals surface area contributed by atoms with Gasteiger partial charge in [-0.1, -0.05) is 48.5 Å². The number of nitrogens with zero attached hydrogens (tertiary/aromatic N) is 3. The highest BCUT2D eigenvalue weighted by atomic mass is 32.1. The van der Waals surface area contributed by atoms with E-state index in [1.807, 2.05) is 60.7 Å². The summed E-state index contributed by atoms with van der Waals surface area (Å²) in [5.41, 5.74) is 4.34. The van der Waals surface area contributed by atoms with Crippen LogP contribution < -0.4 is 9.54 Å². The minimum absolute atomic E-state index is 0.556. The van der Waals surface area contributed by atoms with E-state index in [-0.39, 0.29) is 0 Å². The molecule has 5 heteroatoms. The lowest BCUT2D eigenvalue weighted by atomic mass is 10.2. The Kier molecular flexibility index (Phi) is 5.98. The van der Waals surface area contributed by atoms with E-state index in [9.17, 15) is 0 Å². The summed E-state index contributed by atoms with van der Waals surface area (Å²) in [6.07, 6.45) is 1.76. The highest BCUT2D eigenvalue weighted by Crippen LogP contribution is 2.14. The van der Waals surface area contributed by atoms with Gasteiger partial charge in [0.05, 0.1) is 6.21 Å². The molecule has 0 spiro atoms. The van der Waals surface area contributed by atoms with Gasteiger partial charge < -0.3 is 4.74 Å². The van der Waals surface area contributed by atoms with E-state index in [1.54, 1.807) is 17.6 Å². The highest BCUT2D eigenvalue weighted by Gasteiger charge is 2.03. The molecular weight excluding hydrogens is 378 g/mol. The molecule has 0 amide bonds. The summed E-state index contributed by atoms with van der Waals surface area (Å²) >= 11 is 1.58. The van der Waals surface area contributed by atoms with E-state index >= 15 is 0 Å². The number of ether oxygens (including phenoxy) is 1. The van der Waals surface area contributed by atoms with Crippen LogP contribution in [-0.2, 0) is 6.61 Å². The van der Waals surface area contributed by atoms with Gasteiger partial charge in [0.15, 0.2) is 0 Å². The third kappa shape index (κ3) is 4.89. The number of aromatic nitrogens is 1. The zero-order chi connectivity index (χ0) is 19.9. The first-order chi connectivity index (χ1) is 14.3. The van der Waals surface area contributed by atoms with Crippen LogP contribution in [0.5, 0.6) is 5.75 Å². The highest BCUT2D eigenvalue weighted by molar-refractivity contribution is 7.07. The van der Waals surface area contributed by atoms with Crippen LogP contribution in [0.25, 0.3) is 5.69 Å². The second kappa shape index (κ2) is 9.17. The third-order valence-corrected chi connectivity index (χ3v) is 5.31. The van der Waals surface area contributed by atoms with Crippen molar-refractivity contribution in [3.8, 4) is 11.4 Å². The van der Waals surface area contributed by atoms with Crippen molar-refractivity contribution in [2.75, 3.05) is 0 Å². The number of aryl methyl sites for hydroxylation is 1. The first kappa shape index (κ1) is 18.9. The largest absolute Gasteiger partial charge is 0.489 e. The maximum Gasteiger partial charge on any atom is 0.215 e. The van der Waals surface area contributed by atoms with Crippen LogP contribution in [0.15, 0.2) is 101 Å². The maximum atomic E-state index is 5.82. The molecule has 0 N–H and O–H groups in total. The summed E-state index contributed by atoms with van der Waals surface area (Å²) in [7, 11) is 0. The van der Waals surface area contributed by atoms with Gasteiger partial charge in [-0.15, -0.1) is 16.4 Å². The number of thiazole rings is 1. The molecule has 0 saturated carbocycles. The lowest BCUT2D eigenvalue weighted by Gasteiger charge is -2.06. The zero-order valence-electron chi connectivity index (χ0n) is 16.1. The Hall–Kier alpha value is -3.44. The van der Waals surface area contributed by atoms with Gasteiger partial charge in [-0.25, -0.2) is 0 Å². The molecular formula is C24H21N3OS. The summed E-state index contributed by atoms with van der Waals surface area (Å²) in [5, 5.41) is 10.8. The van der Waals surface area contributed by atoms with Gasteiger partial charge in [0, 0.05) is 16.8 Å². The standard InChI is InChI=1S/C24H21N3OS/c1-19-18-29-24(27(19)22-10-6-3-7-11-22)26-25-16-20-12-14-23(15-13-20)28-17-21-8-4-2-5-9-21/h2-16,18H,17H2,1H3/b25-16-,26-24-. The Bertz CT molecular complexity index is 1140. The zero-order valence-corrected chi connectivity index (χ0v) is 16.9. The summed E-state index contributed by atoms with van der Waals surface area (Å²) < 4.78 is 7.92. The molecule has 0 bridgehead atoms. The second-order valence-corrected chi connectivity index (χ2v) is 7.36. The molecule has 0 atom stereocenters. The van der Waals surface area contributed by atoms with E-state index in [1.165, 1.54) is 0 Å². The van der Waals surface area contributed by atoms with Crippen molar-refractivity contribution >= 4 is 17.6 Å². The maximum absolute atomic E-state index is 5.82. The predicted molar refractivity (Wildman–Crippen MR) is 119 cm³/mol. The minimum atomic E-state index is 0.556. The fourth-order valence-corrected chi connectivity index (χ4v) is 3.72. The van der Waals surface area contributed by atoms with Crippen LogP contribution in [0.4, 0.5) is 0 Å². The molecule has 4 nitrogen and oxygen atoms in total. The predicted octanol–water partition coefficient (Wildman–Crippen LogP) is 5.36. The Balaban J connectivity index is 1.45. The van der Waals surface area contributed by atoms with E-state index in [0.717, 1.165) is 33.1 Å². The summed E-state index contributed by atoms with van der Waals surface area (Å²) in [5.74, 6) is 0.832. The monoisotopic (exact) mass is 399 g/mol. The normalized spacial score (nSPS) is 11.8. The Labute approximate surface area is 174 Å². The quantitative estimate of drug-likeness (QED) is 0.318. The van der Waals surface area contributed by atoms with E-state index in [2.05, 4.69) is 51.3 Å². The summed E-state index contributed by atoms with van der Waals surface area (Å²) in [6, 6.07) is 28.2. The first-order valence-corrected chi connectivity index (χ1v) is 10.2. The van der Waals surface area contributed by atoms with Gasteiger partial charge in [0.25, 0.3) is 0 Å². The van der Waals surface area contributed by atoms with E-state index < -0.39 is 0 Å². The first-order valence-electron chi connectivity index (χ1n) is 9.36. The minimum Gasteiger partial charge on any atom is -0.489 e. The van der Waals surface area contributed by atoms with Crippen LogP contribution >= 0.6 is 11.3 Å². The fourth-order valence-electron chi connectivity index (χ4n) is 2.89. The van der Waals surface area contributed by atoms with Crippen molar-refractivity contribution in [1.82, 2.24) is 4.57 Å². The molecule has 3 aromatic carbocycles. The van der Waals surface area contributed by atoms with E-state index in [4.69, 9.17) is 4.74 Å². The van der Waals surface area contributed by atoms with Gasteiger partial charge in [0.1, 0.15) is 12.4 Å².